The zero-order valence-electron chi connectivity index (χ0n) is 16.0. The summed E-state index contributed by atoms with van der Waals surface area (Å²) in [6, 6.07) is 24.8. The van der Waals surface area contributed by atoms with Crippen molar-refractivity contribution in [1.29, 1.82) is 5.26 Å². The van der Waals surface area contributed by atoms with Crippen molar-refractivity contribution in [2.45, 2.75) is 12.5 Å². The van der Waals surface area contributed by atoms with E-state index in [9.17, 15) is 14.7 Å². The number of carbonyl (C=O) groups excluding carboxylic acids is 1. The molecule has 146 valence electrons. The number of fused-ring (bicyclic) bond motifs is 2. The van der Waals surface area contributed by atoms with Gasteiger partial charge in [-0.05, 0) is 45.3 Å². The van der Waals surface area contributed by atoms with Crippen molar-refractivity contribution in [1.82, 2.24) is 5.32 Å². The Bertz CT molecular complexity index is 1270. The van der Waals surface area contributed by atoms with E-state index in [0.29, 0.717) is 16.7 Å². The first-order chi connectivity index (χ1) is 14.6. The molecule has 0 aliphatic carbocycles. The SMILES string of the molecule is N#Cc1cccc(C[C@@H](NC(=O)c2c3ccccc3cc3ccccc23)C(=O)O)c1. The van der Waals surface area contributed by atoms with Gasteiger partial charge in [-0.15, -0.1) is 0 Å². The maximum Gasteiger partial charge on any atom is 0.326 e. The summed E-state index contributed by atoms with van der Waals surface area (Å²) in [4.78, 5) is 25.1. The summed E-state index contributed by atoms with van der Waals surface area (Å²) in [5, 5.41) is 24.8. The highest BCUT2D eigenvalue weighted by Crippen LogP contribution is 2.28. The minimum absolute atomic E-state index is 0.0826. The number of carboxylic acid groups (broad SMARTS) is 1. The van der Waals surface area contributed by atoms with Crippen LogP contribution in [0, 0.1) is 11.3 Å². The second kappa shape index (κ2) is 8.06. The Balaban J connectivity index is 1.73. The summed E-state index contributed by atoms with van der Waals surface area (Å²) in [5.41, 5.74) is 1.58. The maximum atomic E-state index is 13.3. The number of hydrogen-bond acceptors (Lipinski definition) is 3. The van der Waals surface area contributed by atoms with Crippen LogP contribution in [0.3, 0.4) is 0 Å². The standard InChI is InChI=1S/C25H18N2O3/c26-15-17-7-5-6-16(12-17)13-22(25(29)30)27-24(28)23-20-10-3-1-8-18(20)14-19-9-2-4-11-21(19)23/h1-12,14,22H,13H2,(H,27,28)(H,29,30)/t22-/m1/s1. The summed E-state index contributed by atoms with van der Waals surface area (Å²) in [5.74, 6) is -1.57. The monoisotopic (exact) mass is 394 g/mol. The van der Waals surface area contributed by atoms with Crippen molar-refractivity contribution in [3.05, 3.63) is 95.6 Å². The minimum atomic E-state index is -1.13. The molecule has 2 N–H and O–H groups in total. The van der Waals surface area contributed by atoms with Gasteiger partial charge in [0.1, 0.15) is 6.04 Å². The molecule has 0 saturated heterocycles. The van der Waals surface area contributed by atoms with Crippen LogP contribution in [0.1, 0.15) is 21.5 Å². The highest BCUT2D eigenvalue weighted by Gasteiger charge is 2.23. The summed E-state index contributed by atoms with van der Waals surface area (Å²) >= 11 is 0. The zero-order valence-corrected chi connectivity index (χ0v) is 16.0. The van der Waals surface area contributed by atoms with Gasteiger partial charge < -0.3 is 10.4 Å². The van der Waals surface area contributed by atoms with Gasteiger partial charge in [-0.25, -0.2) is 4.79 Å². The van der Waals surface area contributed by atoms with Gasteiger partial charge in [0, 0.05) is 6.42 Å². The molecule has 0 heterocycles. The quantitative estimate of drug-likeness (QED) is 0.494. The maximum absolute atomic E-state index is 13.3. The van der Waals surface area contributed by atoms with Crippen LogP contribution in [-0.4, -0.2) is 23.0 Å². The third kappa shape index (κ3) is 3.71. The van der Waals surface area contributed by atoms with Crippen LogP contribution in [0.5, 0.6) is 0 Å². The van der Waals surface area contributed by atoms with Gasteiger partial charge in [-0.3, -0.25) is 4.79 Å². The van der Waals surface area contributed by atoms with Gasteiger partial charge in [-0.1, -0.05) is 60.7 Å². The lowest BCUT2D eigenvalue weighted by Crippen LogP contribution is -2.42. The molecule has 5 heteroatoms. The molecule has 0 saturated carbocycles. The lowest BCUT2D eigenvalue weighted by molar-refractivity contribution is -0.139. The van der Waals surface area contributed by atoms with Crippen LogP contribution in [-0.2, 0) is 11.2 Å². The smallest absolute Gasteiger partial charge is 0.326 e. The fraction of sp³-hybridized carbons (Fsp3) is 0.0800. The first-order valence-corrected chi connectivity index (χ1v) is 9.50. The number of aliphatic carboxylic acids is 1. The van der Waals surface area contributed by atoms with Crippen LogP contribution in [0.15, 0.2) is 78.9 Å². The van der Waals surface area contributed by atoms with Crippen molar-refractivity contribution < 1.29 is 14.7 Å². The third-order valence-corrected chi connectivity index (χ3v) is 5.10. The molecular weight excluding hydrogens is 376 g/mol. The van der Waals surface area contributed by atoms with E-state index in [1.54, 1.807) is 24.3 Å². The van der Waals surface area contributed by atoms with Crippen LogP contribution in [0.4, 0.5) is 0 Å². The Kier molecular flexibility index (Phi) is 5.15. The van der Waals surface area contributed by atoms with E-state index in [1.165, 1.54) is 0 Å². The zero-order chi connectivity index (χ0) is 21.1. The molecule has 4 rings (SSSR count). The Morgan fingerprint density at radius 1 is 0.900 bits per heavy atom. The molecule has 0 unspecified atom stereocenters. The Hall–Kier alpha value is -4.17. The van der Waals surface area contributed by atoms with Crippen LogP contribution < -0.4 is 5.32 Å². The van der Waals surface area contributed by atoms with E-state index in [4.69, 9.17) is 5.26 Å². The predicted octanol–water partition coefficient (Wildman–Crippen LogP) is 4.29. The fourth-order valence-corrected chi connectivity index (χ4v) is 3.69. The summed E-state index contributed by atoms with van der Waals surface area (Å²) in [7, 11) is 0. The molecule has 0 aliphatic heterocycles. The number of amides is 1. The largest absolute Gasteiger partial charge is 0.480 e. The average molecular weight is 394 g/mol. The average Bonchev–Trinajstić information content (AvgIpc) is 2.76. The summed E-state index contributed by atoms with van der Waals surface area (Å²) in [6.07, 6.45) is 0.0826. The van der Waals surface area contributed by atoms with Gasteiger partial charge in [0.2, 0.25) is 0 Å². The number of nitrogens with zero attached hydrogens (tertiary/aromatic N) is 1. The number of carbonyl (C=O) groups is 2. The van der Waals surface area contributed by atoms with Gasteiger partial charge in [0.05, 0.1) is 17.2 Å². The molecule has 30 heavy (non-hydrogen) atoms. The number of carboxylic acids is 1. The van der Waals surface area contributed by atoms with E-state index >= 15 is 0 Å². The van der Waals surface area contributed by atoms with Crippen molar-refractivity contribution in [2.75, 3.05) is 0 Å². The van der Waals surface area contributed by atoms with E-state index in [-0.39, 0.29) is 6.42 Å². The lowest BCUT2D eigenvalue weighted by atomic mass is 9.95. The van der Waals surface area contributed by atoms with Crippen molar-refractivity contribution in [2.24, 2.45) is 0 Å². The normalized spacial score (nSPS) is 11.7. The molecule has 0 fully saturated rings. The lowest BCUT2D eigenvalue weighted by Gasteiger charge is -2.17. The molecule has 4 aromatic carbocycles. The van der Waals surface area contributed by atoms with Gasteiger partial charge in [0.15, 0.2) is 0 Å². The van der Waals surface area contributed by atoms with Gasteiger partial charge in [0.25, 0.3) is 5.91 Å². The number of hydrogen-bond donors (Lipinski definition) is 2. The molecule has 0 radical (unpaired) electrons. The number of benzene rings is 4. The number of rotatable bonds is 5. The molecule has 1 amide bonds. The highest BCUT2D eigenvalue weighted by atomic mass is 16.4. The molecule has 1 atom stereocenters. The van der Waals surface area contributed by atoms with E-state index in [1.807, 2.05) is 60.7 Å². The molecule has 0 aliphatic rings. The summed E-state index contributed by atoms with van der Waals surface area (Å²) < 4.78 is 0. The summed E-state index contributed by atoms with van der Waals surface area (Å²) in [6.45, 7) is 0. The first-order valence-electron chi connectivity index (χ1n) is 9.50. The second-order valence-electron chi connectivity index (χ2n) is 7.07. The minimum Gasteiger partial charge on any atom is -0.480 e. The fourth-order valence-electron chi connectivity index (χ4n) is 3.69. The second-order valence-corrected chi connectivity index (χ2v) is 7.07. The van der Waals surface area contributed by atoms with E-state index < -0.39 is 17.9 Å². The predicted molar refractivity (Wildman–Crippen MR) is 115 cm³/mol. The molecular formula is C25H18N2O3. The molecule has 0 bridgehead atoms. The van der Waals surface area contributed by atoms with Gasteiger partial charge >= 0.3 is 5.97 Å². The number of nitriles is 1. The van der Waals surface area contributed by atoms with Crippen LogP contribution >= 0.6 is 0 Å². The highest BCUT2D eigenvalue weighted by molar-refractivity contribution is 6.18. The molecule has 0 spiro atoms. The third-order valence-electron chi connectivity index (χ3n) is 5.10. The Labute approximate surface area is 173 Å². The molecule has 4 aromatic rings. The Morgan fingerprint density at radius 3 is 2.13 bits per heavy atom. The Morgan fingerprint density at radius 2 is 1.53 bits per heavy atom. The van der Waals surface area contributed by atoms with Crippen LogP contribution in [0.25, 0.3) is 21.5 Å². The van der Waals surface area contributed by atoms with Crippen molar-refractivity contribution in [3.8, 4) is 6.07 Å². The van der Waals surface area contributed by atoms with E-state index in [2.05, 4.69) is 5.32 Å². The van der Waals surface area contributed by atoms with Crippen LogP contribution in [0.2, 0.25) is 0 Å². The topological polar surface area (TPSA) is 90.2 Å². The molecule has 0 aromatic heterocycles. The van der Waals surface area contributed by atoms with E-state index in [0.717, 1.165) is 21.5 Å². The first kappa shape index (κ1) is 19.2. The van der Waals surface area contributed by atoms with Gasteiger partial charge in [-0.2, -0.15) is 5.26 Å². The number of nitrogens with one attached hydrogen (secondary N) is 1. The molecule has 5 nitrogen and oxygen atoms in total. The van der Waals surface area contributed by atoms with Crippen molar-refractivity contribution >= 4 is 33.4 Å². The van der Waals surface area contributed by atoms with Crippen molar-refractivity contribution in [3.63, 3.8) is 0 Å².